The van der Waals surface area contributed by atoms with Crippen molar-refractivity contribution in [1.82, 2.24) is 4.98 Å². The van der Waals surface area contributed by atoms with Crippen molar-refractivity contribution >= 4 is 44.6 Å². The summed E-state index contributed by atoms with van der Waals surface area (Å²) >= 11 is 4.41. The molecule has 1 aromatic carbocycles. The summed E-state index contributed by atoms with van der Waals surface area (Å²) in [5, 5.41) is 6.14. The van der Waals surface area contributed by atoms with E-state index in [4.69, 9.17) is 4.74 Å². The molecule has 1 N–H and O–H groups in total. The van der Waals surface area contributed by atoms with Crippen LogP contribution in [0.1, 0.15) is 18.2 Å². The van der Waals surface area contributed by atoms with Crippen molar-refractivity contribution in [2.45, 2.75) is 19.7 Å². The van der Waals surface area contributed by atoms with Crippen LogP contribution in [0.15, 0.2) is 33.2 Å². The van der Waals surface area contributed by atoms with Gasteiger partial charge in [0.05, 0.1) is 24.9 Å². The van der Waals surface area contributed by atoms with Gasteiger partial charge >= 0.3 is 12.3 Å². The maximum Gasteiger partial charge on any atom is 0.573 e. The predicted octanol–water partition coefficient (Wildman–Crippen LogP) is 4.36. The summed E-state index contributed by atoms with van der Waals surface area (Å²) in [6.07, 6.45) is -3.27. The Hall–Kier alpha value is -2.14. The van der Waals surface area contributed by atoms with E-state index in [-0.39, 0.29) is 18.1 Å². The molecule has 2 rings (SSSR count). The van der Waals surface area contributed by atoms with E-state index in [0.29, 0.717) is 27.5 Å². The largest absolute Gasteiger partial charge is 0.573 e. The number of aromatic nitrogens is 1. The van der Waals surface area contributed by atoms with Crippen LogP contribution >= 0.6 is 27.3 Å². The van der Waals surface area contributed by atoms with Crippen LogP contribution < -0.4 is 10.2 Å². The van der Waals surface area contributed by atoms with E-state index in [1.54, 1.807) is 12.3 Å². The number of thiazole rings is 1. The zero-order valence-corrected chi connectivity index (χ0v) is 15.7. The first-order valence-corrected chi connectivity index (χ1v) is 8.88. The van der Waals surface area contributed by atoms with E-state index < -0.39 is 6.36 Å². The number of hydrogen-bond donors (Lipinski definition) is 1. The predicted molar refractivity (Wildman–Crippen MR) is 94.5 cm³/mol. The number of halogens is 4. The lowest BCUT2D eigenvalue weighted by atomic mass is 10.2. The van der Waals surface area contributed by atoms with E-state index in [1.165, 1.54) is 35.8 Å². The summed E-state index contributed by atoms with van der Waals surface area (Å²) < 4.78 is 45.6. The van der Waals surface area contributed by atoms with Gasteiger partial charge < -0.3 is 9.47 Å². The second-order valence-electron chi connectivity index (χ2n) is 4.73. The molecule has 140 valence electrons. The van der Waals surface area contributed by atoms with E-state index in [0.717, 1.165) is 0 Å². The summed E-state index contributed by atoms with van der Waals surface area (Å²) in [5.41, 5.74) is 3.79. The summed E-state index contributed by atoms with van der Waals surface area (Å²) in [7, 11) is 0. The van der Waals surface area contributed by atoms with Crippen molar-refractivity contribution in [1.29, 1.82) is 0 Å². The molecule has 1 aromatic heterocycles. The lowest BCUT2D eigenvalue weighted by Gasteiger charge is -2.09. The third-order valence-corrected chi connectivity index (χ3v) is 4.23. The third-order valence-electron chi connectivity index (χ3n) is 2.75. The van der Waals surface area contributed by atoms with E-state index in [1.807, 2.05) is 0 Å². The number of carbonyl (C=O) groups excluding carboxylic acids is 1. The van der Waals surface area contributed by atoms with E-state index in [9.17, 15) is 18.0 Å². The molecule has 0 aliphatic heterocycles. The summed E-state index contributed by atoms with van der Waals surface area (Å²) in [6, 6.07) is 3.79. The molecule has 0 amide bonds. The van der Waals surface area contributed by atoms with Crippen molar-refractivity contribution < 1.29 is 27.4 Å². The van der Waals surface area contributed by atoms with Crippen LogP contribution in [0.25, 0.3) is 0 Å². The average Bonchev–Trinajstić information content (AvgIpc) is 2.95. The van der Waals surface area contributed by atoms with Gasteiger partial charge in [-0.05, 0) is 41.1 Å². The number of nitrogens with zero attached hydrogens (tertiary/aromatic N) is 2. The van der Waals surface area contributed by atoms with Crippen molar-refractivity contribution in [3.8, 4) is 5.75 Å². The molecule has 0 unspecified atom stereocenters. The lowest BCUT2D eigenvalue weighted by Crippen LogP contribution is -2.17. The molecule has 1 heterocycles. The Balaban J connectivity index is 1.94. The first kappa shape index (κ1) is 20.2. The first-order chi connectivity index (χ1) is 12.3. The fraction of sp³-hybridized carbons (Fsp3) is 0.267. The maximum absolute atomic E-state index is 12.2. The van der Waals surface area contributed by atoms with Crippen LogP contribution in [-0.2, 0) is 16.0 Å². The smallest absolute Gasteiger partial charge is 0.466 e. The van der Waals surface area contributed by atoms with Gasteiger partial charge in [-0.2, -0.15) is 5.10 Å². The van der Waals surface area contributed by atoms with Crippen molar-refractivity contribution in [2.24, 2.45) is 5.10 Å². The van der Waals surface area contributed by atoms with E-state index in [2.05, 4.69) is 36.2 Å². The third kappa shape index (κ3) is 6.64. The fourth-order valence-corrected chi connectivity index (χ4v) is 2.89. The number of hydrazone groups is 1. The highest BCUT2D eigenvalue weighted by atomic mass is 79.9. The molecule has 0 aliphatic carbocycles. The standard InChI is InChI=1S/C15H13BrF3N3O3S/c1-2-24-13(23)5-10-8-26-14(21-10)22-20-7-9-3-4-11(6-12(9)16)25-15(17,18)19/h3-4,6-8H,2,5H2,1H3,(H,21,22). The lowest BCUT2D eigenvalue weighted by molar-refractivity contribution is -0.274. The Kier molecular flexibility index (Phi) is 6.98. The maximum atomic E-state index is 12.2. The molecular formula is C15H13BrF3N3O3S. The number of esters is 1. The van der Waals surface area contributed by atoms with Gasteiger partial charge in [0.2, 0.25) is 5.13 Å². The van der Waals surface area contributed by atoms with Gasteiger partial charge in [-0.25, -0.2) is 4.98 Å². The van der Waals surface area contributed by atoms with Gasteiger partial charge in [0.1, 0.15) is 5.75 Å². The summed E-state index contributed by atoms with van der Waals surface area (Å²) in [6.45, 7) is 2.03. The van der Waals surface area contributed by atoms with Crippen LogP contribution in [0, 0.1) is 0 Å². The number of alkyl halides is 3. The molecule has 0 saturated carbocycles. The molecule has 0 aliphatic rings. The molecular weight excluding hydrogens is 439 g/mol. The number of nitrogens with one attached hydrogen (secondary N) is 1. The molecule has 11 heteroatoms. The average molecular weight is 452 g/mol. The van der Waals surface area contributed by atoms with Crippen LogP contribution in [0.2, 0.25) is 0 Å². The number of carbonyl (C=O) groups is 1. The highest BCUT2D eigenvalue weighted by Gasteiger charge is 2.31. The van der Waals surface area contributed by atoms with Crippen molar-refractivity contribution in [3.63, 3.8) is 0 Å². The monoisotopic (exact) mass is 451 g/mol. The topological polar surface area (TPSA) is 72.8 Å². The minimum absolute atomic E-state index is 0.0714. The van der Waals surface area contributed by atoms with Crippen LogP contribution in [0.3, 0.4) is 0 Å². The fourth-order valence-electron chi connectivity index (χ4n) is 1.77. The first-order valence-electron chi connectivity index (χ1n) is 7.21. The Morgan fingerprint density at radius 2 is 2.23 bits per heavy atom. The molecule has 2 aromatic rings. The van der Waals surface area contributed by atoms with Crippen LogP contribution in [0.5, 0.6) is 5.75 Å². The minimum Gasteiger partial charge on any atom is -0.466 e. The van der Waals surface area contributed by atoms with Crippen LogP contribution in [-0.4, -0.2) is 30.1 Å². The Morgan fingerprint density at radius 3 is 2.88 bits per heavy atom. The summed E-state index contributed by atoms with van der Waals surface area (Å²) in [4.78, 5) is 15.6. The number of ether oxygens (including phenoxy) is 2. The van der Waals surface area contributed by atoms with Gasteiger partial charge in [0, 0.05) is 15.4 Å². The molecule has 0 atom stereocenters. The highest BCUT2D eigenvalue weighted by Crippen LogP contribution is 2.27. The zero-order chi connectivity index (χ0) is 19.2. The van der Waals surface area contributed by atoms with E-state index >= 15 is 0 Å². The normalized spacial score (nSPS) is 11.6. The molecule has 0 saturated heterocycles. The number of benzene rings is 1. The molecule has 6 nitrogen and oxygen atoms in total. The molecule has 0 spiro atoms. The molecule has 0 radical (unpaired) electrons. The SMILES string of the molecule is CCOC(=O)Cc1csc(NN=Cc2ccc(OC(F)(F)F)cc2Br)n1. The number of hydrogen-bond acceptors (Lipinski definition) is 7. The Morgan fingerprint density at radius 1 is 1.46 bits per heavy atom. The van der Waals surface area contributed by atoms with Crippen molar-refractivity contribution in [3.05, 3.63) is 39.3 Å². The number of rotatable bonds is 7. The second-order valence-corrected chi connectivity index (χ2v) is 6.44. The molecule has 0 fully saturated rings. The Labute approximate surface area is 159 Å². The van der Waals surface area contributed by atoms with Gasteiger partial charge in [-0.1, -0.05) is 0 Å². The second kappa shape index (κ2) is 8.99. The van der Waals surface area contributed by atoms with Crippen molar-refractivity contribution in [2.75, 3.05) is 12.0 Å². The summed E-state index contributed by atoms with van der Waals surface area (Å²) in [5.74, 6) is -0.698. The van der Waals surface area contributed by atoms with Crippen LogP contribution in [0.4, 0.5) is 18.3 Å². The molecule has 0 bridgehead atoms. The zero-order valence-electron chi connectivity index (χ0n) is 13.3. The highest BCUT2D eigenvalue weighted by molar-refractivity contribution is 9.10. The van der Waals surface area contributed by atoms with Gasteiger partial charge in [0.15, 0.2) is 0 Å². The van der Waals surface area contributed by atoms with Gasteiger partial charge in [-0.3, -0.25) is 10.2 Å². The van der Waals surface area contributed by atoms with Gasteiger partial charge in [-0.15, -0.1) is 24.5 Å². The quantitative estimate of drug-likeness (QED) is 0.384. The van der Waals surface area contributed by atoms with Gasteiger partial charge in [0.25, 0.3) is 0 Å². The molecule has 26 heavy (non-hydrogen) atoms. The Bertz CT molecular complexity index is 796. The minimum atomic E-state index is -4.75. The number of anilines is 1.